The van der Waals surface area contributed by atoms with Gasteiger partial charge in [-0.2, -0.15) is 0 Å². The maximum Gasteiger partial charge on any atom is 0.314 e. The van der Waals surface area contributed by atoms with Gasteiger partial charge in [-0.15, -0.1) is 11.3 Å². The van der Waals surface area contributed by atoms with E-state index in [2.05, 4.69) is 50.0 Å². The molecule has 1 heterocycles. The molecule has 5 heteroatoms. The van der Waals surface area contributed by atoms with Gasteiger partial charge in [0.1, 0.15) is 5.01 Å². The average molecular weight is 496 g/mol. The van der Waals surface area contributed by atoms with Crippen molar-refractivity contribution in [2.24, 2.45) is 5.92 Å². The molecule has 0 bridgehead atoms. The van der Waals surface area contributed by atoms with Crippen molar-refractivity contribution < 1.29 is 13.9 Å². The second-order valence-electron chi connectivity index (χ2n) is 9.22. The summed E-state index contributed by atoms with van der Waals surface area (Å²) in [5, 5.41) is 2.67. The van der Waals surface area contributed by atoms with Crippen LogP contribution in [-0.2, 0) is 11.2 Å². The van der Waals surface area contributed by atoms with Crippen LogP contribution < -0.4 is 4.74 Å². The average Bonchev–Trinajstić information content (AvgIpc) is 3.40. The Kier molecular flexibility index (Phi) is 10.9. The summed E-state index contributed by atoms with van der Waals surface area (Å²) in [4.78, 5) is 17.3. The van der Waals surface area contributed by atoms with Gasteiger partial charge in [-0.1, -0.05) is 83.6 Å². The lowest BCUT2D eigenvalue weighted by Gasteiger charge is -2.17. The number of unbranched alkanes of at least 4 members (excludes halogenated alkanes) is 4. The number of carbonyl (C=O) groups excluding carboxylic acids is 1. The number of aromatic nitrogens is 1. The third-order valence-corrected chi connectivity index (χ3v) is 7.21. The maximum atomic E-state index is 15.2. The zero-order valence-corrected chi connectivity index (χ0v) is 22.1. The molecule has 0 radical (unpaired) electrons. The van der Waals surface area contributed by atoms with Crippen LogP contribution in [0.1, 0.15) is 84.1 Å². The zero-order valence-electron chi connectivity index (χ0n) is 21.3. The van der Waals surface area contributed by atoms with Crippen molar-refractivity contribution in [2.75, 3.05) is 0 Å². The number of carbonyl (C=O) groups is 1. The van der Waals surface area contributed by atoms with Crippen LogP contribution in [0.2, 0.25) is 0 Å². The summed E-state index contributed by atoms with van der Waals surface area (Å²) in [7, 11) is 0. The Balaban J connectivity index is 1.87. The summed E-state index contributed by atoms with van der Waals surface area (Å²) < 4.78 is 20.9. The summed E-state index contributed by atoms with van der Waals surface area (Å²) in [5.41, 5.74) is 3.75. The van der Waals surface area contributed by atoms with Crippen LogP contribution in [-0.4, -0.2) is 11.0 Å². The minimum Gasteiger partial charge on any atom is -0.423 e. The van der Waals surface area contributed by atoms with E-state index < -0.39 is 5.82 Å². The fraction of sp³-hybridized carbons (Fsp3) is 0.467. The van der Waals surface area contributed by atoms with Crippen molar-refractivity contribution in [3.8, 4) is 27.4 Å². The summed E-state index contributed by atoms with van der Waals surface area (Å²) in [6.07, 6.45) is 12.1. The second kappa shape index (κ2) is 14.1. The summed E-state index contributed by atoms with van der Waals surface area (Å²) in [6.45, 7) is 6.38. The first-order valence-electron chi connectivity index (χ1n) is 13.1. The van der Waals surface area contributed by atoms with Gasteiger partial charge in [-0.05, 0) is 54.5 Å². The van der Waals surface area contributed by atoms with E-state index in [-0.39, 0.29) is 17.6 Å². The number of aryl methyl sites for hydroxylation is 1. The number of hydrogen-bond acceptors (Lipinski definition) is 4. The molecule has 0 saturated heterocycles. The predicted octanol–water partition coefficient (Wildman–Crippen LogP) is 9.25. The molecule has 35 heavy (non-hydrogen) atoms. The van der Waals surface area contributed by atoms with E-state index in [1.807, 2.05) is 5.38 Å². The first kappa shape index (κ1) is 27.1. The van der Waals surface area contributed by atoms with Crippen LogP contribution in [0.25, 0.3) is 21.7 Å². The molecule has 0 spiro atoms. The standard InChI is InChI=1S/C30H38FNO2S/c1-4-7-9-10-12-22-14-16-23(17-15-22)25-20-27(31)28(21-26(25)29-32-18-19-35-29)34-30(33)24(11-6-3)13-8-5-2/h14-21,24H,4-13H2,1-3H3. The molecule has 3 nitrogen and oxygen atoms in total. The van der Waals surface area contributed by atoms with E-state index in [4.69, 9.17) is 4.74 Å². The monoisotopic (exact) mass is 495 g/mol. The lowest BCUT2D eigenvalue weighted by Crippen LogP contribution is -2.21. The van der Waals surface area contributed by atoms with E-state index >= 15 is 4.39 Å². The van der Waals surface area contributed by atoms with Crippen LogP contribution in [0, 0.1) is 11.7 Å². The Morgan fingerprint density at radius 2 is 1.71 bits per heavy atom. The molecule has 1 atom stereocenters. The third-order valence-electron chi connectivity index (χ3n) is 6.41. The highest BCUT2D eigenvalue weighted by Gasteiger charge is 2.23. The smallest absolute Gasteiger partial charge is 0.314 e. The highest BCUT2D eigenvalue weighted by Crippen LogP contribution is 2.38. The van der Waals surface area contributed by atoms with Crippen molar-refractivity contribution in [3.05, 3.63) is 59.4 Å². The van der Waals surface area contributed by atoms with Crippen LogP contribution in [0.4, 0.5) is 4.39 Å². The van der Waals surface area contributed by atoms with Crippen LogP contribution >= 0.6 is 11.3 Å². The molecule has 0 aliphatic heterocycles. The Hall–Kier alpha value is -2.53. The van der Waals surface area contributed by atoms with E-state index in [9.17, 15) is 4.79 Å². The highest BCUT2D eigenvalue weighted by atomic mass is 32.1. The number of rotatable bonds is 14. The molecular weight excluding hydrogens is 457 g/mol. The molecule has 1 aromatic heterocycles. The van der Waals surface area contributed by atoms with Crippen LogP contribution in [0.3, 0.4) is 0 Å². The van der Waals surface area contributed by atoms with Crippen molar-refractivity contribution >= 4 is 17.3 Å². The molecule has 188 valence electrons. The molecule has 1 unspecified atom stereocenters. The molecule has 0 aliphatic carbocycles. The van der Waals surface area contributed by atoms with E-state index in [0.29, 0.717) is 0 Å². The molecule has 3 rings (SSSR count). The number of benzene rings is 2. The Labute approximate surface area is 213 Å². The Morgan fingerprint density at radius 1 is 0.943 bits per heavy atom. The topological polar surface area (TPSA) is 39.2 Å². The van der Waals surface area contributed by atoms with Crippen LogP contribution in [0.15, 0.2) is 48.0 Å². The molecule has 0 N–H and O–H groups in total. The van der Waals surface area contributed by atoms with Gasteiger partial charge >= 0.3 is 5.97 Å². The van der Waals surface area contributed by atoms with Gasteiger partial charge in [0.15, 0.2) is 11.6 Å². The van der Waals surface area contributed by atoms with Gasteiger partial charge in [0.05, 0.1) is 5.92 Å². The minimum absolute atomic E-state index is 0.0194. The molecular formula is C30H38FNO2S. The fourth-order valence-electron chi connectivity index (χ4n) is 4.38. The molecule has 0 saturated carbocycles. The van der Waals surface area contributed by atoms with Gasteiger partial charge in [-0.3, -0.25) is 4.79 Å². The van der Waals surface area contributed by atoms with Gasteiger partial charge in [0.2, 0.25) is 0 Å². The van der Waals surface area contributed by atoms with E-state index in [1.54, 1.807) is 12.3 Å². The largest absolute Gasteiger partial charge is 0.423 e. The van der Waals surface area contributed by atoms with Gasteiger partial charge in [0.25, 0.3) is 0 Å². The number of esters is 1. The molecule has 0 fully saturated rings. The summed E-state index contributed by atoms with van der Waals surface area (Å²) in [5.74, 6) is -1.09. The number of halogens is 1. The Morgan fingerprint density at radius 3 is 2.37 bits per heavy atom. The lowest BCUT2D eigenvalue weighted by molar-refractivity contribution is -0.139. The highest BCUT2D eigenvalue weighted by molar-refractivity contribution is 7.13. The second-order valence-corrected chi connectivity index (χ2v) is 10.1. The summed E-state index contributed by atoms with van der Waals surface area (Å²) in [6, 6.07) is 11.5. The Bertz CT molecular complexity index is 1050. The van der Waals surface area contributed by atoms with Crippen molar-refractivity contribution in [1.29, 1.82) is 0 Å². The SMILES string of the molecule is CCCCCCc1ccc(-c2cc(F)c(OC(=O)C(CCC)CCCC)cc2-c2nccs2)cc1. The van der Waals surface area contributed by atoms with Crippen molar-refractivity contribution in [1.82, 2.24) is 4.98 Å². The maximum absolute atomic E-state index is 15.2. The molecule has 2 aromatic carbocycles. The zero-order chi connectivity index (χ0) is 25.0. The number of thiazole rings is 1. The van der Waals surface area contributed by atoms with Crippen LogP contribution in [0.5, 0.6) is 5.75 Å². The van der Waals surface area contributed by atoms with Gasteiger partial charge < -0.3 is 4.74 Å². The number of ether oxygens (including phenoxy) is 1. The molecule has 0 amide bonds. The predicted molar refractivity (Wildman–Crippen MR) is 144 cm³/mol. The fourth-order valence-corrected chi connectivity index (χ4v) is 5.05. The quantitative estimate of drug-likeness (QED) is 0.127. The first-order valence-corrected chi connectivity index (χ1v) is 14.0. The third kappa shape index (κ3) is 7.73. The molecule has 0 aliphatic rings. The minimum atomic E-state index is -0.525. The normalized spacial score (nSPS) is 12.0. The number of hydrogen-bond donors (Lipinski definition) is 0. The van der Waals surface area contributed by atoms with E-state index in [1.165, 1.54) is 48.6 Å². The lowest BCUT2D eigenvalue weighted by atomic mass is 9.96. The van der Waals surface area contributed by atoms with Gasteiger partial charge in [0, 0.05) is 17.1 Å². The van der Waals surface area contributed by atoms with E-state index in [0.717, 1.165) is 60.2 Å². The van der Waals surface area contributed by atoms with Gasteiger partial charge in [-0.25, -0.2) is 9.37 Å². The van der Waals surface area contributed by atoms with Crippen molar-refractivity contribution in [3.63, 3.8) is 0 Å². The van der Waals surface area contributed by atoms with Crippen molar-refractivity contribution in [2.45, 2.75) is 85.0 Å². The summed E-state index contributed by atoms with van der Waals surface area (Å²) >= 11 is 1.49. The molecule has 3 aromatic rings. The first-order chi connectivity index (χ1) is 17.1. The number of nitrogens with zero attached hydrogens (tertiary/aromatic N) is 1.